The second-order valence-electron chi connectivity index (χ2n) is 5.61. The van der Waals surface area contributed by atoms with Gasteiger partial charge in [0.05, 0.1) is 18.2 Å². The van der Waals surface area contributed by atoms with Crippen LogP contribution in [0.2, 0.25) is 0 Å². The lowest BCUT2D eigenvalue weighted by atomic mass is 10.1. The number of carbonyl (C=O) groups is 2. The molecule has 1 heterocycles. The molecule has 0 atom stereocenters. The van der Waals surface area contributed by atoms with Gasteiger partial charge in [0, 0.05) is 11.3 Å². The molecule has 0 fully saturated rings. The molecule has 1 amide bonds. The summed E-state index contributed by atoms with van der Waals surface area (Å²) in [5.74, 6) is -0.199. The lowest BCUT2D eigenvalue weighted by molar-refractivity contribution is 0.0600. The van der Waals surface area contributed by atoms with Gasteiger partial charge in [-0.3, -0.25) is 4.79 Å². The van der Waals surface area contributed by atoms with E-state index in [9.17, 15) is 14.0 Å². The van der Waals surface area contributed by atoms with Crippen LogP contribution in [0.5, 0.6) is 0 Å². The topological polar surface area (TPSA) is 68.5 Å². The standard InChI is InChI=1S/C20H16FNO4/c1-12-17(11-18(26-12)13-3-7-15(21)8-4-13)19(23)22-16-9-5-14(6-10-16)20(24)25-2/h3-11H,1-2H3,(H,22,23). The van der Waals surface area contributed by atoms with Crippen LogP contribution >= 0.6 is 0 Å². The highest BCUT2D eigenvalue weighted by atomic mass is 19.1. The zero-order valence-corrected chi connectivity index (χ0v) is 14.2. The number of carbonyl (C=O) groups excluding carboxylic acids is 2. The van der Waals surface area contributed by atoms with Crippen molar-refractivity contribution in [3.8, 4) is 11.3 Å². The molecule has 0 aliphatic rings. The van der Waals surface area contributed by atoms with Crippen LogP contribution in [0.4, 0.5) is 10.1 Å². The third-order valence-electron chi connectivity index (χ3n) is 3.86. The van der Waals surface area contributed by atoms with Gasteiger partial charge in [0.2, 0.25) is 0 Å². The molecule has 0 aliphatic heterocycles. The van der Waals surface area contributed by atoms with E-state index in [1.165, 1.54) is 19.2 Å². The maximum atomic E-state index is 13.0. The molecule has 0 aliphatic carbocycles. The van der Waals surface area contributed by atoms with Gasteiger partial charge in [0.25, 0.3) is 5.91 Å². The van der Waals surface area contributed by atoms with Gasteiger partial charge in [-0.25, -0.2) is 9.18 Å². The molecule has 0 saturated heterocycles. The Morgan fingerprint density at radius 3 is 2.31 bits per heavy atom. The smallest absolute Gasteiger partial charge is 0.337 e. The summed E-state index contributed by atoms with van der Waals surface area (Å²) in [6.07, 6.45) is 0. The zero-order valence-electron chi connectivity index (χ0n) is 14.2. The summed E-state index contributed by atoms with van der Waals surface area (Å²) < 4.78 is 23.3. The summed E-state index contributed by atoms with van der Waals surface area (Å²) in [5, 5.41) is 2.75. The monoisotopic (exact) mass is 353 g/mol. The van der Waals surface area contributed by atoms with Crippen molar-refractivity contribution in [2.45, 2.75) is 6.92 Å². The van der Waals surface area contributed by atoms with Gasteiger partial charge < -0.3 is 14.5 Å². The van der Waals surface area contributed by atoms with Crippen LogP contribution in [0.1, 0.15) is 26.5 Å². The molecule has 2 aromatic carbocycles. The van der Waals surface area contributed by atoms with E-state index in [2.05, 4.69) is 10.1 Å². The molecule has 0 radical (unpaired) electrons. The predicted octanol–water partition coefficient (Wildman–Crippen LogP) is 4.43. The van der Waals surface area contributed by atoms with E-state index in [0.29, 0.717) is 33.9 Å². The quantitative estimate of drug-likeness (QED) is 0.705. The average Bonchev–Trinajstić information content (AvgIpc) is 3.04. The summed E-state index contributed by atoms with van der Waals surface area (Å²) in [7, 11) is 1.30. The number of benzene rings is 2. The highest BCUT2D eigenvalue weighted by Crippen LogP contribution is 2.26. The van der Waals surface area contributed by atoms with Crippen molar-refractivity contribution in [2.24, 2.45) is 0 Å². The third kappa shape index (κ3) is 3.64. The fourth-order valence-electron chi connectivity index (χ4n) is 2.47. The SMILES string of the molecule is COC(=O)c1ccc(NC(=O)c2cc(-c3ccc(F)cc3)oc2C)cc1. The normalized spacial score (nSPS) is 10.4. The number of ether oxygens (including phenoxy) is 1. The first-order valence-corrected chi connectivity index (χ1v) is 7.84. The van der Waals surface area contributed by atoms with Gasteiger partial charge in [-0.15, -0.1) is 0 Å². The molecule has 132 valence electrons. The van der Waals surface area contributed by atoms with E-state index in [4.69, 9.17) is 4.42 Å². The van der Waals surface area contributed by atoms with E-state index in [1.54, 1.807) is 49.4 Å². The fourth-order valence-corrected chi connectivity index (χ4v) is 2.47. The number of esters is 1. The minimum atomic E-state index is -0.447. The van der Waals surface area contributed by atoms with Gasteiger partial charge in [-0.2, -0.15) is 0 Å². The molecule has 5 nitrogen and oxygen atoms in total. The van der Waals surface area contributed by atoms with Crippen molar-refractivity contribution in [1.82, 2.24) is 0 Å². The Morgan fingerprint density at radius 1 is 1.04 bits per heavy atom. The third-order valence-corrected chi connectivity index (χ3v) is 3.86. The summed E-state index contributed by atoms with van der Waals surface area (Å²) in [6.45, 7) is 1.68. The maximum absolute atomic E-state index is 13.0. The molecule has 1 N–H and O–H groups in total. The molecule has 6 heteroatoms. The summed E-state index contributed by atoms with van der Waals surface area (Å²) in [5.41, 5.74) is 1.98. The first-order chi connectivity index (χ1) is 12.5. The van der Waals surface area contributed by atoms with Gasteiger partial charge in [0.1, 0.15) is 17.3 Å². The highest BCUT2D eigenvalue weighted by Gasteiger charge is 2.16. The number of halogens is 1. The Bertz CT molecular complexity index is 943. The molecule has 0 spiro atoms. The number of furan rings is 1. The van der Waals surface area contributed by atoms with Crippen molar-refractivity contribution in [1.29, 1.82) is 0 Å². The number of rotatable bonds is 4. The Balaban J connectivity index is 1.78. The van der Waals surface area contributed by atoms with Crippen LogP contribution in [0.3, 0.4) is 0 Å². The Hall–Kier alpha value is -3.41. The molecule has 3 aromatic rings. The molecule has 0 saturated carbocycles. The first-order valence-electron chi connectivity index (χ1n) is 7.84. The van der Waals surface area contributed by atoms with Crippen LogP contribution in [0, 0.1) is 12.7 Å². The van der Waals surface area contributed by atoms with Crippen LogP contribution in [0.15, 0.2) is 59.0 Å². The molecular formula is C20H16FNO4. The van der Waals surface area contributed by atoms with E-state index < -0.39 is 5.97 Å². The number of hydrogen-bond acceptors (Lipinski definition) is 4. The fraction of sp³-hybridized carbons (Fsp3) is 0.100. The Kier molecular flexibility index (Phi) is 4.84. The second kappa shape index (κ2) is 7.23. The van der Waals surface area contributed by atoms with Crippen molar-refractivity contribution < 1.29 is 23.1 Å². The first kappa shape index (κ1) is 17.4. The van der Waals surface area contributed by atoms with Crippen LogP contribution < -0.4 is 5.32 Å². The van der Waals surface area contributed by atoms with E-state index in [0.717, 1.165) is 0 Å². The van der Waals surface area contributed by atoms with E-state index in [-0.39, 0.29) is 11.7 Å². The van der Waals surface area contributed by atoms with Crippen molar-refractivity contribution in [3.63, 3.8) is 0 Å². The van der Waals surface area contributed by atoms with Gasteiger partial charge in [-0.1, -0.05) is 0 Å². The van der Waals surface area contributed by atoms with E-state index in [1.807, 2.05) is 0 Å². The molecule has 0 bridgehead atoms. The number of hydrogen-bond donors (Lipinski definition) is 1. The largest absolute Gasteiger partial charge is 0.465 e. The molecule has 26 heavy (non-hydrogen) atoms. The highest BCUT2D eigenvalue weighted by molar-refractivity contribution is 6.05. The van der Waals surface area contributed by atoms with E-state index >= 15 is 0 Å². The molecule has 0 unspecified atom stereocenters. The van der Waals surface area contributed by atoms with Crippen molar-refractivity contribution in [2.75, 3.05) is 12.4 Å². The Labute approximate surface area is 149 Å². The number of methoxy groups -OCH3 is 1. The summed E-state index contributed by atoms with van der Waals surface area (Å²) in [4.78, 5) is 23.9. The summed E-state index contributed by atoms with van der Waals surface area (Å²) in [6, 6.07) is 13.8. The average molecular weight is 353 g/mol. The summed E-state index contributed by atoms with van der Waals surface area (Å²) >= 11 is 0. The number of amides is 1. The van der Waals surface area contributed by atoms with Crippen LogP contribution in [-0.4, -0.2) is 19.0 Å². The number of anilines is 1. The van der Waals surface area contributed by atoms with Crippen molar-refractivity contribution >= 4 is 17.6 Å². The minimum absolute atomic E-state index is 0.342. The maximum Gasteiger partial charge on any atom is 0.337 e. The predicted molar refractivity (Wildman–Crippen MR) is 94.6 cm³/mol. The van der Waals surface area contributed by atoms with Crippen molar-refractivity contribution in [3.05, 3.63) is 77.3 Å². The molecule has 3 rings (SSSR count). The number of aryl methyl sites for hydroxylation is 1. The lowest BCUT2D eigenvalue weighted by Crippen LogP contribution is -2.12. The van der Waals surface area contributed by atoms with Gasteiger partial charge in [-0.05, 0) is 61.5 Å². The number of nitrogens with one attached hydrogen (secondary N) is 1. The minimum Gasteiger partial charge on any atom is -0.465 e. The molecule has 1 aromatic heterocycles. The lowest BCUT2D eigenvalue weighted by Gasteiger charge is -2.05. The van der Waals surface area contributed by atoms with Gasteiger partial charge >= 0.3 is 5.97 Å². The second-order valence-corrected chi connectivity index (χ2v) is 5.61. The van der Waals surface area contributed by atoms with Crippen LogP contribution in [0.25, 0.3) is 11.3 Å². The van der Waals surface area contributed by atoms with Gasteiger partial charge in [0.15, 0.2) is 0 Å². The molecular weight excluding hydrogens is 337 g/mol. The zero-order chi connectivity index (χ0) is 18.7. The van der Waals surface area contributed by atoms with Crippen LogP contribution in [-0.2, 0) is 4.74 Å². The Morgan fingerprint density at radius 2 is 1.69 bits per heavy atom.